The van der Waals surface area contributed by atoms with Crippen LogP contribution in [0.1, 0.15) is 29.8 Å². The second-order valence-electron chi connectivity index (χ2n) is 10.6. The number of imidazole rings is 1. The summed E-state index contributed by atoms with van der Waals surface area (Å²) in [5, 5.41) is 0. The summed E-state index contributed by atoms with van der Waals surface area (Å²) < 4.78 is 16.6. The lowest BCUT2D eigenvalue weighted by atomic mass is 10.0. The number of rotatable bonds is 5. The highest BCUT2D eigenvalue weighted by Gasteiger charge is 2.41. The number of hydrogen-bond acceptors (Lipinski definition) is 8. The molecular formula is C30H26FN9. The monoisotopic (exact) mass is 531 g/mol. The number of nitrogens with zero attached hydrogens (tertiary/aromatic N) is 8. The summed E-state index contributed by atoms with van der Waals surface area (Å²) in [5.74, 6) is 0.731. The second-order valence-corrected chi connectivity index (χ2v) is 10.6. The summed E-state index contributed by atoms with van der Waals surface area (Å²) >= 11 is 0. The molecule has 8 rings (SSSR count). The maximum Gasteiger partial charge on any atom is 0.157 e. The summed E-state index contributed by atoms with van der Waals surface area (Å²) in [7, 11) is 0. The lowest BCUT2D eigenvalue weighted by Gasteiger charge is -2.16. The number of aromatic nitrogens is 6. The molecule has 1 N–H and O–H groups in total. The van der Waals surface area contributed by atoms with E-state index >= 15 is 4.39 Å². The van der Waals surface area contributed by atoms with Crippen molar-refractivity contribution in [2.75, 3.05) is 31.1 Å². The topological polar surface area (TPSA) is 98.8 Å². The number of aliphatic imine (C=N–C) groups is 1. The fourth-order valence-corrected chi connectivity index (χ4v) is 5.83. The van der Waals surface area contributed by atoms with Crippen LogP contribution >= 0.6 is 0 Å². The Labute approximate surface area is 229 Å². The molecule has 5 aromatic rings. The Morgan fingerprint density at radius 2 is 1.93 bits per heavy atom. The SMILES string of the molecule is Fc1c(-c2cncc(CN3CCCC3)c2)cnc2c1C(c1nc3c(-c4ccccn4)nccc3[nH]1)=NCC1CN21. The molecule has 0 amide bonds. The fourth-order valence-electron chi connectivity index (χ4n) is 5.83. The predicted molar refractivity (Wildman–Crippen MR) is 151 cm³/mol. The van der Waals surface area contributed by atoms with Gasteiger partial charge in [0.25, 0.3) is 0 Å². The quantitative estimate of drug-likeness (QED) is 0.339. The van der Waals surface area contributed by atoms with Crippen molar-refractivity contribution in [3.63, 3.8) is 0 Å². The standard InChI is InChI=1S/C30H26FN9/c31-25-21(19-11-18(12-32-13-19)16-39-9-3-4-10-39)15-36-30-24(25)28(35-14-20-17-40(20)30)29-37-23-6-8-34-26(27(23)38-29)22-5-1-2-7-33-22/h1-2,5-8,11-13,15,20H,3-4,9-10,14,16-17H2,(H,37,38). The van der Waals surface area contributed by atoms with E-state index in [4.69, 9.17) is 15.0 Å². The van der Waals surface area contributed by atoms with E-state index in [1.807, 2.05) is 36.5 Å². The van der Waals surface area contributed by atoms with Gasteiger partial charge in [0.1, 0.15) is 28.6 Å². The van der Waals surface area contributed by atoms with Crippen LogP contribution in [-0.4, -0.2) is 72.7 Å². The normalized spacial score (nSPS) is 18.4. The minimum Gasteiger partial charge on any atom is -0.347 e. The first-order valence-electron chi connectivity index (χ1n) is 13.7. The molecule has 3 aliphatic rings. The van der Waals surface area contributed by atoms with Crippen molar-refractivity contribution in [3.8, 4) is 22.5 Å². The van der Waals surface area contributed by atoms with Crippen molar-refractivity contribution in [1.82, 2.24) is 34.8 Å². The molecule has 40 heavy (non-hydrogen) atoms. The number of halogens is 1. The Kier molecular flexibility index (Phi) is 5.41. The molecular weight excluding hydrogens is 505 g/mol. The van der Waals surface area contributed by atoms with Crippen LogP contribution in [0.15, 0.2) is 66.3 Å². The molecule has 0 spiro atoms. The van der Waals surface area contributed by atoms with E-state index in [-0.39, 0.29) is 11.9 Å². The average Bonchev–Trinajstić information content (AvgIpc) is 3.37. The van der Waals surface area contributed by atoms with E-state index in [0.717, 1.165) is 43.0 Å². The van der Waals surface area contributed by atoms with Gasteiger partial charge in [-0.25, -0.2) is 14.4 Å². The zero-order valence-electron chi connectivity index (χ0n) is 21.8. The molecule has 198 valence electrons. The van der Waals surface area contributed by atoms with Gasteiger partial charge < -0.3 is 9.88 Å². The second kappa shape index (κ2) is 9.27. The van der Waals surface area contributed by atoms with Crippen molar-refractivity contribution in [2.45, 2.75) is 25.4 Å². The van der Waals surface area contributed by atoms with Gasteiger partial charge >= 0.3 is 0 Å². The van der Waals surface area contributed by atoms with Crippen LogP contribution in [0.4, 0.5) is 10.2 Å². The maximum atomic E-state index is 16.6. The Bertz CT molecular complexity index is 1780. The first-order valence-corrected chi connectivity index (χ1v) is 13.7. The molecule has 8 heterocycles. The molecule has 0 saturated carbocycles. The van der Waals surface area contributed by atoms with Gasteiger partial charge in [0.15, 0.2) is 5.82 Å². The van der Waals surface area contributed by atoms with E-state index < -0.39 is 0 Å². The van der Waals surface area contributed by atoms with Crippen LogP contribution in [0.3, 0.4) is 0 Å². The molecule has 5 aromatic heterocycles. The third-order valence-electron chi connectivity index (χ3n) is 7.92. The molecule has 3 aliphatic heterocycles. The molecule has 0 aromatic carbocycles. The minimum absolute atomic E-state index is 0.217. The van der Waals surface area contributed by atoms with E-state index in [1.54, 1.807) is 24.8 Å². The Hall–Kier alpha value is -4.57. The third-order valence-corrected chi connectivity index (χ3v) is 7.92. The van der Waals surface area contributed by atoms with E-state index in [9.17, 15) is 0 Å². The zero-order valence-corrected chi connectivity index (χ0v) is 21.8. The molecule has 1 atom stereocenters. The predicted octanol–water partition coefficient (Wildman–Crippen LogP) is 4.25. The maximum absolute atomic E-state index is 16.6. The molecule has 2 saturated heterocycles. The number of H-pyrrole nitrogens is 1. The van der Waals surface area contributed by atoms with Crippen LogP contribution in [0.25, 0.3) is 33.5 Å². The van der Waals surface area contributed by atoms with Crippen LogP contribution in [-0.2, 0) is 6.54 Å². The molecule has 0 bridgehead atoms. The van der Waals surface area contributed by atoms with Gasteiger partial charge in [-0.05, 0) is 55.8 Å². The summed E-state index contributed by atoms with van der Waals surface area (Å²) in [6.07, 6.45) is 11.1. The van der Waals surface area contributed by atoms with Gasteiger partial charge in [-0.3, -0.25) is 24.8 Å². The smallest absolute Gasteiger partial charge is 0.157 e. The van der Waals surface area contributed by atoms with Gasteiger partial charge in [0, 0.05) is 55.2 Å². The first kappa shape index (κ1) is 23.3. The lowest BCUT2D eigenvalue weighted by molar-refractivity contribution is 0.331. The van der Waals surface area contributed by atoms with Crippen molar-refractivity contribution >= 4 is 22.6 Å². The van der Waals surface area contributed by atoms with Crippen molar-refractivity contribution in [2.24, 2.45) is 4.99 Å². The first-order chi connectivity index (χ1) is 19.7. The Morgan fingerprint density at radius 3 is 2.80 bits per heavy atom. The number of nitrogens with one attached hydrogen (secondary N) is 1. The van der Waals surface area contributed by atoms with Crippen molar-refractivity contribution in [3.05, 3.63) is 84.1 Å². The minimum atomic E-state index is -0.361. The fraction of sp³-hybridized carbons (Fsp3) is 0.267. The molecule has 10 heteroatoms. The molecule has 0 aliphatic carbocycles. The number of hydrogen-bond donors (Lipinski definition) is 1. The summed E-state index contributed by atoms with van der Waals surface area (Å²) in [5.41, 5.74) is 5.86. The largest absolute Gasteiger partial charge is 0.347 e. The molecule has 0 radical (unpaired) electrons. The molecule has 9 nitrogen and oxygen atoms in total. The number of anilines is 1. The highest BCUT2D eigenvalue weighted by Crippen LogP contribution is 2.38. The Morgan fingerprint density at radius 1 is 1.00 bits per heavy atom. The zero-order chi connectivity index (χ0) is 26.6. The molecule has 2 fully saturated rings. The summed E-state index contributed by atoms with van der Waals surface area (Å²) in [6, 6.07) is 9.78. The molecule has 1 unspecified atom stereocenters. The van der Waals surface area contributed by atoms with Gasteiger partial charge in [-0.15, -0.1) is 0 Å². The lowest BCUT2D eigenvalue weighted by Crippen LogP contribution is -2.18. The number of pyridine rings is 4. The van der Waals surface area contributed by atoms with Gasteiger partial charge in [-0.2, -0.15) is 0 Å². The van der Waals surface area contributed by atoms with Crippen molar-refractivity contribution < 1.29 is 4.39 Å². The van der Waals surface area contributed by atoms with Crippen LogP contribution < -0.4 is 4.90 Å². The van der Waals surface area contributed by atoms with E-state index in [1.165, 1.54) is 12.8 Å². The summed E-state index contributed by atoms with van der Waals surface area (Å²) in [4.78, 5) is 35.9. The third kappa shape index (κ3) is 3.94. The number of likely N-dealkylation sites (tertiary alicyclic amines) is 1. The number of aromatic amines is 1. The highest BCUT2D eigenvalue weighted by molar-refractivity contribution is 6.16. The van der Waals surface area contributed by atoms with Crippen LogP contribution in [0.5, 0.6) is 0 Å². The van der Waals surface area contributed by atoms with Gasteiger partial charge in [0.05, 0.1) is 29.4 Å². The van der Waals surface area contributed by atoms with Crippen LogP contribution in [0, 0.1) is 5.82 Å². The average molecular weight is 532 g/mol. The number of fused-ring (bicyclic) bond motifs is 4. The van der Waals surface area contributed by atoms with Gasteiger partial charge in [-0.1, -0.05) is 6.07 Å². The van der Waals surface area contributed by atoms with Gasteiger partial charge in [0.2, 0.25) is 0 Å². The van der Waals surface area contributed by atoms with Crippen molar-refractivity contribution in [1.29, 1.82) is 0 Å². The Balaban J connectivity index is 1.23. The van der Waals surface area contributed by atoms with Crippen LogP contribution in [0.2, 0.25) is 0 Å². The highest BCUT2D eigenvalue weighted by atomic mass is 19.1. The van der Waals surface area contributed by atoms with E-state index in [2.05, 4.69) is 29.7 Å². The van der Waals surface area contributed by atoms with E-state index in [0.29, 0.717) is 51.8 Å². The summed E-state index contributed by atoms with van der Waals surface area (Å²) in [6.45, 7) is 4.36.